The lowest BCUT2D eigenvalue weighted by Crippen LogP contribution is -2.36. The summed E-state index contributed by atoms with van der Waals surface area (Å²) in [5.74, 6) is 0.585. The normalized spacial score (nSPS) is 16.2. The van der Waals surface area contributed by atoms with Crippen LogP contribution in [0.25, 0.3) is 0 Å². The van der Waals surface area contributed by atoms with E-state index in [1.54, 1.807) is 6.20 Å². The molecule has 2 rings (SSSR count). The van der Waals surface area contributed by atoms with Crippen LogP contribution in [0.4, 0.5) is 5.95 Å². The smallest absolute Gasteiger partial charge is 0.254 e. The molecule has 1 aliphatic carbocycles. The number of aromatic nitrogens is 2. The first-order valence-corrected chi connectivity index (χ1v) is 6.90. The lowest BCUT2D eigenvalue weighted by atomic mass is 9.95. The molecule has 1 amide bonds. The van der Waals surface area contributed by atoms with Crippen LogP contribution in [0.1, 0.15) is 48.2 Å². The van der Waals surface area contributed by atoms with Crippen molar-refractivity contribution in [3.05, 3.63) is 17.5 Å². The van der Waals surface area contributed by atoms with E-state index in [2.05, 4.69) is 15.3 Å². The van der Waals surface area contributed by atoms with Gasteiger partial charge in [0.1, 0.15) is 0 Å². The van der Waals surface area contributed by atoms with Gasteiger partial charge in [0.05, 0.1) is 11.3 Å². The zero-order chi connectivity index (χ0) is 13.8. The Bertz CT molecular complexity index is 453. The maximum atomic E-state index is 12.2. The minimum Gasteiger partial charge on any atom is -0.349 e. The highest BCUT2D eigenvalue weighted by Crippen LogP contribution is 2.18. The van der Waals surface area contributed by atoms with Gasteiger partial charge >= 0.3 is 0 Å². The fourth-order valence-corrected chi connectivity index (χ4v) is 2.40. The van der Waals surface area contributed by atoms with Gasteiger partial charge in [0.25, 0.3) is 5.91 Å². The number of anilines is 1. The third-order valence-electron chi connectivity index (χ3n) is 3.55. The molecular weight excluding hydrogens is 240 g/mol. The number of rotatable bonds is 3. The Morgan fingerprint density at radius 3 is 2.58 bits per heavy atom. The van der Waals surface area contributed by atoms with Crippen molar-refractivity contribution in [1.29, 1.82) is 0 Å². The molecule has 1 saturated carbocycles. The summed E-state index contributed by atoms with van der Waals surface area (Å²) in [6, 6.07) is 0.314. The molecule has 5 nitrogen and oxygen atoms in total. The molecule has 5 heteroatoms. The van der Waals surface area contributed by atoms with Crippen LogP contribution < -0.4 is 10.2 Å². The van der Waals surface area contributed by atoms with Gasteiger partial charge < -0.3 is 10.2 Å². The van der Waals surface area contributed by atoms with Crippen LogP contribution in [0.15, 0.2) is 6.20 Å². The number of aryl methyl sites for hydroxylation is 1. The first-order valence-electron chi connectivity index (χ1n) is 6.90. The topological polar surface area (TPSA) is 58.1 Å². The number of nitrogens with one attached hydrogen (secondary N) is 1. The minimum absolute atomic E-state index is 0.0466. The van der Waals surface area contributed by atoms with Crippen LogP contribution >= 0.6 is 0 Å². The lowest BCUT2D eigenvalue weighted by Gasteiger charge is -2.23. The van der Waals surface area contributed by atoms with E-state index in [9.17, 15) is 4.79 Å². The second-order valence-corrected chi connectivity index (χ2v) is 5.37. The molecule has 1 N–H and O–H groups in total. The number of amides is 1. The van der Waals surface area contributed by atoms with Crippen molar-refractivity contribution in [2.75, 3.05) is 19.0 Å². The van der Waals surface area contributed by atoms with Crippen LogP contribution in [-0.2, 0) is 0 Å². The summed E-state index contributed by atoms with van der Waals surface area (Å²) in [6.45, 7) is 1.85. The molecule has 104 valence electrons. The Kier molecular flexibility index (Phi) is 4.35. The number of hydrogen-bond acceptors (Lipinski definition) is 4. The monoisotopic (exact) mass is 262 g/mol. The molecule has 1 heterocycles. The van der Waals surface area contributed by atoms with Gasteiger partial charge in [-0.1, -0.05) is 19.3 Å². The van der Waals surface area contributed by atoms with E-state index in [0.29, 0.717) is 17.6 Å². The average Bonchev–Trinajstić information content (AvgIpc) is 2.39. The molecule has 0 spiro atoms. The van der Waals surface area contributed by atoms with Crippen LogP contribution in [0.5, 0.6) is 0 Å². The summed E-state index contributed by atoms with van der Waals surface area (Å²) in [5.41, 5.74) is 1.31. The van der Waals surface area contributed by atoms with Gasteiger partial charge in [-0.15, -0.1) is 0 Å². The Morgan fingerprint density at radius 2 is 2.00 bits per heavy atom. The van der Waals surface area contributed by atoms with E-state index < -0.39 is 0 Å². The van der Waals surface area contributed by atoms with E-state index in [4.69, 9.17) is 0 Å². The molecular formula is C14H22N4O. The number of carbonyl (C=O) groups is 1. The molecule has 0 radical (unpaired) electrons. The molecule has 0 aromatic carbocycles. The van der Waals surface area contributed by atoms with E-state index in [0.717, 1.165) is 18.5 Å². The summed E-state index contributed by atoms with van der Waals surface area (Å²) >= 11 is 0. The van der Waals surface area contributed by atoms with Crippen molar-refractivity contribution < 1.29 is 4.79 Å². The van der Waals surface area contributed by atoms with Crippen molar-refractivity contribution in [3.8, 4) is 0 Å². The molecule has 1 aromatic heterocycles. The second kappa shape index (κ2) is 5.99. The second-order valence-electron chi connectivity index (χ2n) is 5.37. The summed E-state index contributed by atoms with van der Waals surface area (Å²) in [7, 11) is 3.77. The molecule has 0 unspecified atom stereocenters. The van der Waals surface area contributed by atoms with Crippen molar-refractivity contribution >= 4 is 11.9 Å². The van der Waals surface area contributed by atoms with Crippen LogP contribution in [0.3, 0.4) is 0 Å². The Morgan fingerprint density at radius 1 is 1.32 bits per heavy atom. The molecule has 0 bridgehead atoms. The van der Waals surface area contributed by atoms with E-state index >= 15 is 0 Å². The Balaban J connectivity index is 2.06. The predicted octanol–water partition coefficient (Wildman–Crippen LogP) is 1.91. The van der Waals surface area contributed by atoms with Crippen molar-refractivity contribution in [1.82, 2.24) is 15.3 Å². The summed E-state index contributed by atoms with van der Waals surface area (Å²) in [4.78, 5) is 22.6. The van der Waals surface area contributed by atoms with Crippen molar-refractivity contribution in [2.45, 2.75) is 45.1 Å². The molecule has 1 aromatic rings. The largest absolute Gasteiger partial charge is 0.349 e. The standard InChI is InChI=1S/C14H22N4O/c1-10-12(9-15-14(16-10)18(2)3)13(19)17-11-7-5-4-6-8-11/h9,11H,4-8H2,1-3H3,(H,17,19). The van der Waals surface area contributed by atoms with Gasteiger partial charge in [0.2, 0.25) is 5.95 Å². The maximum Gasteiger partial charge on any atom is 0.254 e. The van der Waals surface area contributed by atoms with Gasteiger partial charge in [-0.25, -0.2) is 9.97 Å². The number of nitrogens with zero attached hydrogens (tertiary/aromatic N) is 3. The first-order chi connectivity index (χ1) is 9.08. The van der Waals surface area contributed by atoms with Crippen molar-refractivity contribution in [3.63, 3.8) is 0 Å². The molecule has 0 atom stereocenters. The van der Waals surface area contributed by atoms with E-state index in [-0.39, 0.29) is 5.91 Å². The first kappa shape index (κ1) is 13.8. The fraction of sp³-hybridized carbons (Fsp3) is 0.643. The predicted molar refractivity (Wildman–Crippen MR) is 75.4 cm³/mol. The molecule has 1 aliphatic rings. The lowest BCUT2D eigenvalue weighted by molar-refractivity contribution is 0.0926. The van der Waals surface area contributed by atoms with E-state index in [1.165, 1.54) is 19.3 Å². The third-order valence-corrected chi connectivity index (χ3v) is 3.55. The fourth-order valence-electron chi connectivity index (χ4n) is 2.40. The van der Waals surface area contributed by atoms with Crippen LogP contribution in [0.2, 0.25) is 0 Å². The Hall–Kier alpha value is -1.65. The summed E-state index contributed by atoms with van der Waals surface area (Å²) in [6.07, 6.45) is 7.49. The zero-order valence-corrected chi connectivity index (χ0v) is 11.9. The Labute approximate surface area is 114 Å². The number of carbonyl (C=O) groups excluding carboxylic acids is 1. The molecule has 19 heavy (non-hydrogen) atoms. The quantitative estimate of drug-likeness (QED) is 0.904. The van der Waals surface area contributed by atoms with Gasteiger partial charge in [0, 0.05) is 26.3 Å². The van der Waals surface area contributed by atoms with E-state index in [1.807, 2.05) is 25.9 Å². The highest BCUT2D eigenvalue weighted by Gasteiger charge is 2.18. The van der Waals surface area contributed by atoms with Gasteiger partial charge in [-0.05, 0) is 19.8 Å². The van der Waals surface area contributed by atoms with Gasteiger partial charge in [0.15, 0.2) is 0 Å². The minimum atomic E-state index is -0.0466. The van der Waals surface area contributed by atoms with Crippen molar-refractivity contribution in [2.24, 2.45) is 0 Å². The molecule has 1 fully saturated rings. The average molecular weight is 262 g/mol. The molecule has 0 aliphatic heterocycles. The highest BCUT2D eigenvalue weighted by atomic mass is 16.1. The third kappa shape index (κ3) is 3.43. The molecule has 0 saturated heterocycles. The van der Waals surface area contributed by atoms with Crippen LogP contribution in [-0.4, -0.2) is 36.0 Å². The summed E-state index contributed by atoms with van der Waals surface area (Å²) in [5, 5.41) is 3.09. The summed E-state index contributed by atoms with van der Waals surface area (Å²) < 4.78 is 0. The van der Waals surface area contributed by atoms with Crippen LogP contribution in [0, 0.1) is 6.92 Å². The SMILES string of the molecule is Cc1nc(N(C)C)ncc1C(=O)NC1CCCCC1. The van der Waals surface area contributed by atoms with Gasteiger partial charge in [-0.2, -0.15) is 0 Å². The van der Waals surface area contributed by atoms with Gasteiger partial charge in [-0.3, -0.25) is 4.79 Å². The maximum absolute atomic E-state index is 12.2. The highest BCUT2D eigenvalue weighted by molar-refractivity contribution is 5.95. The zero-order valence-electron chi connectivity index (χ0n) is 11.9. The number of hydrogen-bond donors (Lipinski definition) is 1.